The molecule has 0 bridgehead atoms. The standard InChI is InChI=1S/C18H31NO3/c1-3-5-15(6-4-2)13-17(20)19-16-7-10-22-18(14-16)8-11-21-12-9-18/h13,16H,3-12,14H2,1-2H3,(H,19,20)/t16-/m1/s1. The predicted molar refractivity (Wildman–Crippen MR) is 87.8 cm³/mol. The van der Waals surface area contributed by atoms with Gasteiger partial charge in [0.15, 0.2) is 0 Å². The number of rotatable bonds is 6. The Morgan fingerprint density at radius 2 is 1.86 bits per heavy atom. The van der Waals surface area contributed by atoms with Gasteiger partial charge in [-0.2, -0.15) is 0 Å². The van der Waals surface area contributed by atoms with Gasteiger partial charge in [-0.3, -0.25) is 4.79 Å². The lowest BCUT2D eigenvalue weighted by atomic mass is 9.84. The van der Waals surface area contributed by atoms with Gasteiger partial charge in [0, 0.05) is 31.9 Å². The van der Waals surface area contributed by atoms with Crippen molar-refractivity contribution in [2.45, 2.75) is 76.9 Å². The number of allylic oxidation sites excluding steroid dienone is 1. The first kappa shape index (κ1) is 17.5. The molecule has 2 aliphatic heterocycles. The highest BCUT2D eigenvalue weighted by Gasteiger charge is 2.39. The molecule has 1 N–H and O–H groups in total. The van der Waals surface area contributed by atoms with Gasteiger partial charge in [-0.25, -0.2) is 0 Å². The number of nitrogens with one attached hydrogen (secondary N) is 1. The Labute approximate surface area is 134 Å². The molecule has 0 aromatic carbocycles. The molecule has 22 heavy (non-hydrogen) atoms. The van der Waals surface area contributed by atoms with Gasteiger partial charge in [-0.15, -0.1) is 0 Å². The van der Waals surface area contributed by atoms with E-state index in [0.717, 1.165) is 71.2 Å². The SMILES string of the molecule is CCCC(=CC(=O)N[C@@H]1CCOC2(CCOCC2)C1)CCC. The third-order valence-corrected chi connectivity index (χ3v) is 4.72. The normalized spacial score (nSPS) is 24.0. The van der Waals surface area contributed by atoms with E-state index >= 15 is 0 Å². The van der Waals surface area contributed by atoms with Crippen molar-refractivity contribution in [2.24, 2.45) is 0 Å². The number of hydrogen-bond donors (Lipinski definition) is 1. The highest BCUT2D eigenvalue weighted by molar-refractivity contribution is 5.88. The Morgan fingerprint density at radius 1 is 1.18 bits per heavy atom. The Bertz CT molecular complexity index is 372. The van der Waals surface area contributed by atoms with E-state index in [0.29, 0.717) is 0 Å². The van der Waals surface area contributed by atoms with Crippen LogP contribution in [0.15, 0.2) is 11.6 Å². The second-order valence-electron chi connectivity index (χ2n) is 6.64. The fraction of sp³-hybridized carbons (Fsp3) is 0.833. The molecular weight excluding hydrogens is 278 g/mol. The molecule has 0 aliphatic carbocycles. The highest BCUT2D eigenvalue weighted by atomic mass is 16.5. The molecular formula is C18H31NO3. The van der Waals surface area contributed by atoms with E-state index in [1.165, 1.54) is 5.57 Å². The molecule has 0 unspecified atom stereocenters. The second kappa shape index (κ2) is 8.68. The molecule has 4 nitrogen and oxygen atoms in total. The van der Waals surface area contributed by atoms with Crippen molar-refractivity contribution in [1.82, 2.24) is 5.32 Å². The summed E-state index contributed by atoms with van der Waals surface area (Å²) in [6.45, 7) is 6.62. The van der Waals surface area contributed by atoms with E-state index in [1.54, 1.807) is 0 Å². The van der Waals surface area contributed by atoms with Crippen LogP contribution in [0.4, 0.5) is 0 Å². The molecule has 2 fully saturated rings. The molecule has 0 radical (unpaired) electrons. The topological polar surface area (TPSA) is 47.6 Å². The van der Waals surface area contributed by atoms with Crippen molar-refractivity contribution in [3.63, 3.8) is 0 Å². The van der Waals surface area contributed by atoms with Crippen molar-refractivity contribution in [2.75, 3.05) is 19.8 Å². The van der Waals surface area contributed by atoms with E-state index in [4.69, 9.17) is 9.47 Å². The molecule has 126 valence electrons. The van der Waals surface area contributed by atoms with Gasteiger partial charge < -0.3 is 14.8 Å². The number of carbonyl (C=O) groups excluding carboxylic acids is 1. The van der Waals surface area contributed by atoms with Crippen LogP contribution in [0.25, 0.3) is 0 Å². The molecule has 0 aromatic rings. The average Bonchev–Trinajstić information content (AvgIpc) is 2.48. The van der Waals surface area contributed by atoms with Crippen molar-refractivity contribution in [3.05, 3.63) is 11.6 Å². The van der Waals surface area contributed by atoms with E-state index < -0.39 is 0 Å². The zero-order chi connectivity index (χ0) is 15.8. The van der Waals surface area contributed by atoms with Crippen molar-refractivity contribution >= 4 is 5.91 Å². The lowest BCUT2D eigenvalue weighted by molar-refractivity contribution is -0.143. The maximum Gasteiger partial charge on any atom is 0.244 e. The van der Waals surface area contributed by atoms with Gasteiger partial charge in [0.2, 0.25) is 5.91 Å². The van der Waals surface area contributed by atoms with Crippen LogP contribution < -0.4 is 5.32 Å². The highest BCUT2D eigenvalue weighted by Crippen LogP contribution is 2.34. The number of amides is 1. The summed E-state index contributed by atoms with van der Waals surface area (Å²) in [5, 5.41) is 3.20. The van der Waals surface area contributed by atoms with Gasteiger partial charge in [0.05, 0.1) is 5.60 Å². The van der Waals surface area contributed by atoms with Gasteiger partial charge in [-0.1, -0.05) is 32.3 Å². The van der Waals surface area contributed by atoms with Crippen LogP contribution >= 0.6 is 0 Å². The van der Waals surface area contributed by atoms with Crippen LogP contribution in [0.3, 0.4) is 0 Å². The summed E-state index contributed by atoms with van der Waals surface area (Å²) in [5.41, 5.74) is 1.21. The first-order valence-corrected chi connectivity index (χ1v) is 8.89. The molecule has 2 heterocycles. The molecule has 0 saturated carbocycles. The third-order valence-electron chi connectivity index (χ3n) is 4.72. The summed E-state index contributed by atoms with van der Waals surface area (Å²) >= 11 is 0. The maximum absolute atomic E-state index is 12.3. The van der Waals surface area contributed by atoms with E-state index in [2.05, 4.69) is 19.2 Å². The minimum atomic E-state index is -0.0617. The number of ether oxygens (including phenoxy) is 2. The first-order valence-electron chi connectivity index (χ1n) is 8.89. The third kappa shape index (κ3) is 5.10. The van der Waals surface area contributed by atoms with Crippen molar-refractivity contribution in [3.8, 4) is 0 Å². The van der Waals surface area contributed by atoms with Crippen LogP contribution in [0, 0.1) is 0 Å². The zero-order valence-corrected chi connectivity index (χ0v) is 14.2. The average molecular weight is 309 g/mol. The molecule has 2 rings (SSSR count). The lowest BCUT2D eigenvalue weighted by Crippen LogP contribution is -2.50. The van der Waals surface area contributed by atoms with Crippen LogP contribution in [-0.4, -0.2) is 37.4 Å². The molecule has 0 aromatic heterocycles. The Hall–Kier alpha value is -0.870. The quantitative estimate of drug-likeness (QED) is 0.765. The minimum Gasteiger partial charge on any atom is -0.381 e. The van der Waals surface area contributed by atoms with Gasteiger partial charge in [0.1, 0.15) is 0 Å². The van der Waals surface area contributed by atoms with E-state index in [1.807, 2.05) is 6.08 Å². The number of hydrogen-bond acceptors (Lipinski definition) is 3. The van der Waals surface area contributed by atoms with Gasteiger partial charge in [0.25, 0.3) is 0 Å². The minimum absolute atomic E-state index is 0.0617. The van der Waals surface area contributed by atoms with Crippen LogP contribution in [0.1, 0.15) is 65.2 Å². The van der Waals surface area contributed by atoms with E-state index in [-0.39, 0.29) is 17.6 Å². The Balaban J connectivity index is 1.88. The van der Waals surface area contributed by atoms with Gasteiger partial charge in [-0.05, 0) is 38.5 Å². The fourth-order valence-corrected chi connectivity index (χ4v) is 3.58. The van der Waals surface area contributed by atoms with Crippen LogP contribution in [0.5, 0.6) is 0 Å². The first-order chi connectivity index (χ1) is 10.7. The molecule has 1 spiro atoms. The smallest absolute Gasteiger partial charge is 0.244 e. The van der Waals surface area contributed by atoms with Gasteiger partial charge >= 0.3 is 0 Å². The Morgan fingerprint density at radius 3 is 2.50 bits per heavy atom. The second-order valence-corrected chi connectivity index (χ2v) is 6.64. The number of carbonyl (C=O) groups is 1. The zero-order valence-electron chi connectivity index (χ0n) is 14.2. The van der Waals surface area contributed by atoms with Crippen LogP contribution in [0.2, 0.25) is 0 Å². The molecule has 4 heteroatoms. The lowest BCUT2D eigenvalue weighted by Gasteiger charge is -2.43. The summed E-state index contributed by atoms with van der Waals surface area (Å²) in [5.74, 6) is 0.0750. The maximum atomic E-state index is 12.3. The molecule has 2 saturated heterocycles. The summed E-state index contributed by atoms with van der Waals surface area (Å²) < 4.78 is 11.5. The summed E-state index contributed by atoms with van der Waals surface area (Å²) in [6.07, 6.45) is 9.81. The summed E-state index contributed by atoms with van der Waals surface area (Å²) in [6, 6.07) is 0.236. The monoisotopic (exact) mass is 309 g/mol. The molecule has 1 amide bonds. The molecule has 2 aliphatic rings. The summed E-state index contributed by atoms with van der Waals surface area (Å²) in [7, 11) is 0. The predicted octanol–water partition coefficient (Wildman–Crippen LogP) is 3.36. The fourth-order valence-electron chi connectivity index (χ4n) is 3.58. The van der Waals surface area contributed by atoms with Crippen molar-refractivity contribution < 1.29 is 14.3 Å². The summed E-state index contributed by atoms with van der Waals surface area (Å²) in [4.78, 5) is 12.3. The van der Waals surface area contributed by atoms with Crippen molar-refractivity contribution in [1.29, 1.82) is 0 Å². The molecule has 1 atom stereocenters. The van der Waals surface area contributed by atoms with E-state index in [9.17, 15) is 4.79 Å². The Kier molecular flexibility index (Phi) is 6.90. The van der Waals surface area contributed by atoms with Crippen LogP contribution in [-0.2, 0) is 14.3 Å². The largest absolute Gasteiger partial charge is 0.381 e.